The molecule has 1 rings (SSSR count). The topological polar surface area (TPSA) is 51.2 Å². The van der Waals surface area contributed by atoms with E-state index in [0.717, 1.165) is 11.6 Å². The Morgan fingerprint density at radius 2 is 2.33 bits per heavy atom. The van der Waals surface area contributed by atoms with Crippen molar-refractivity contribution in [1.29, 1.82) is 0 Å². The van der Waals surface area contributed by atoms with E-state index in [1.165, 1.54) is 12.7 Å². The summed E-state index contributed by atoms with van der Waals surface area (Å²) in [5, 5.41) is 4.28. The fraction of sp³-hybridized carbons (Fsp3) is 0.538. The number of nitrogens with zero attached hydrogens (tertiary/aromatic N) is 1. The van der Waals surface area contributed by atoms with E-state index in [2.05, 4.69) is 35.0 Å². The molecule has 100 valence electrons. The maximum atomic E-state index is 11.0. The molecule has 0 saturated heterocycles. The van der Waals surface area contributed by atoms with Gasteiger partial charge in [0, 0.05) is 18.0 Å². The number of rotatable bonds is 7. The van der Waals surface area contributed by atoms with Crippen molar-refractivity contribution in [2.45, 2.75) is 31.3 Å². The molecule has 1 aromatic heterocycles. The Bertz CT molecular complexity index is 368. The predicted molar refractivity (Wildman–Crippen MR) is 73.7 cm³/mol. The minimum atomic E-state index is -0.181. The number of aromatic nitrogens is 1. The zero-order chi connectivity index (χ0) is 13.4. The summed E-state index contributed by atoms with van der Waals surface area (Å²) in [5.41, 5.74) is 1.18. The van der Waals surface area contributed by atoms with Crippen LogP contribution in [0.2, 0.25) is 0 Å². The van der Waals surface area contributed by atoms with Gasteiger partial charge >= 0.3 is 5.97 Å². The molecule has 5 heteroatoms. The van der Waals surface area contributed by atoms with Gasteiger partial charge in [-0.3, -0.25) is 4.79 Å². The van der Waals surface area contributed by atoms with Crippen molar-refractivity contribution in [2.24, 2.45) is 0 Å². The Morgan fingerprint density at radius 1 is 1.56 bits per heavy atom. The Kier molecular flexibility index (Phi) is 6.75. The van der Waals surface area contributed by atoms with E-state index in [0.29, 0.717) is 18.2 Å². The quantitative estimate of drug-likeness (QED) is 0.608. The fourth-order valence-corrected chi connectivity index (χ4v) is 2.27. The lowest BCUT2D eigenvalue weighted by atomic mass is 10.1. The molecular formula is C13H20N2O2S. The standard InChI is InChI=1S/C13H20N2O2S/c1-4-14-10(2)11-5-6-12(15-9-11)18-8-7-13(16)17-3/h5-6,9-10,14H,4,7-8H2,1-3H3. The van der Waals surface area contributed by atoms with Gasteiger partial charge in [0.1, 0.15) is 0 Å². The molecule has 0 bridgehead atoms. The second-order valence-electron chi connectivity index (χ2n) is 3.88. The van der Waals surface area contributed by atoms with Gasteiger partial charge in [-0.1, -0.05) is 13.0 Å². The van der Waals surface area contributed by atoms with Crippen LogP contribution in [0.4, 0.5) is 0 Å². The summed E-state index contributed by atoms with van der Waals surface area (Å²) < 4.78 is 4.58. The second kappa shape index (κ2) is 8.11. The molecule has 0 fully saturated rings. The zero-order valence-electron chi connectivity index (χ0n) is 11.1. The van der Waals surface area contributed by atoms with Gasteiger partial charge in [0.15, 0.2) is 0 Å². The number of thioether (sulfide) groups is 1. The highest BCUT2D eigenvalue weighted by atomic mass is 32.2. The number of methoxy groups -OCH3 is 1. The highest BCUT2D eigenvalue weighted by Crippen LogP contribution is 2.18. The largest absolute Gasteiger partial charge is 0.469 e. The third kappa shape index (κ3) is 5.06. The minimum absolute atomic E-state index is 0.181. The van der Waals surface area contributed by atoms with Crippen molar-refractivity contribution in [3.8, 4) is 0 Å². The van der Waals surface area contributed by atoms with E-state index in [-0.39, 0.29) is 5.97 Å². The first-order chi connectivity index (χ1) is 8.67. The lowest BCUT2D eigenvalue weighted by Crippen LogP contribution is -2.17. The number of carbonyl (C=O) groups is 1. The molecule has 0 spiro atoms. The molecule has 0 saturated carbocycles. The van der Waals surface area contributed by atoms with Crippen LogP contribution >= 0.6 is 11.8 Å². The van der Waals surface area contributed by atoms with Crippen molar-refractivity contribution in [2.75, 3.05) is 19.4 Å². The summed E-state index contributed by atoms with van der Waals surface area (Å²) in [7, 11) is 1.40. The minimum Gasteiger partial charge on any atom is -0.469 e. The summed E-state index contributed by atoms with van der Waals surface area (Å²) in [6.07, 6.45) is 2.30. The van der Waals surface area contributed by atoms with Crippen molar-refractivity contribution < 1.29 is 9.53 Å². The molecule has 0 aromatic carbocycles. The van der Waals surface area contributed by atoms with Gasteiger partial charge in [-0.15, -0.1) is 11.8 Å². The Hall–Kier alpha value is -1.07. The Balaban J connectivity index is 2.42. The molecule has 0 radical (unpaired) electrons. The van der Waals surface area contributed by atoms with Crippen LogP contribution in [0.3, 0.4) is 0 Å². The number of esters is 1. The summed E-state index contributed by atoms with van der Waals surface area (Å²) in [6, 6.07) is 4.38. The molecule has 1 N–H and O–H groups in total. The van der Waals surface area contributed by atoms with Crippen LogP contribution in [-0.4, -0.2) is 30.4 Å². The molecule has 0 aliphatic rings. The summed E-state index contributed by atoms with van der Waals surface area (Å²) in [5.74, 6) is 0.516. The van der Waals surface area contributed by atoms with Gasteiger partial charge in [-0.25, -0.2) is 4.98 Å². The van der Waals surface area contributed by atoms with Gasteiger partial charge in [0.05, 0.1) is 18.6 Å². The van der Waals surface area contributed by atoms with E-state index in [1.54, 1.807) is 11.8 Å². The number of pyridine rings is 1. The molecule has 1 atom stereocenters. The lowest BCUT2D eigenvalue weighted by Gasteiger charge is -2.12. The van der Waals surface area contributed by atoms with E-state index >= 15 is 0 Å². The van der Waals surface area contributed by atoms with Crippen molar-refractivity contribution >= 4 is 17.7 Å². The monoisotopic (exact) mass is 268 g/mol. The van der Waals surface area contributed by atoms with Crippen LogP contribution < -0.4 is 5.32 Å². The zero-order valence-corrected chi connectivity index (χ0v) is 11.9. The average Bonchev–Trinajstić information content (AvgIpc) is 2.39. The van der Waals surface area contributed by atoms with Gasteiger partial charge in [-0.2, -0.15) is 0 Å². The van der Waals surface area contributed by atoms with Crippen molar-refractivity contribution in [3.63, 3.8) is 0 Å². The second-order valence-corrected chi connectivity index (χ2v) is 5.00. The predicted octanol–water partition coefficient (Wildman–Crippen LogP) is 2.41. The SMILES string of the molecule is CCNC(C)c1ccc(SCCC(=O)OC)nc1. The first-order valence-corrected chi connectivity index (χ1v) is 7.04. The van der Waals surface area contributed by atoms with Crippen LogP contribution in [0.5, 0.6) is 0 Å². The number of hydrogen-bond acceptors (Lipinski definition) is 5. The van der Waals surface area contributed by atoms with E-state index in [9.17, 15) is 4.79 Å². The van der Waals surface area contributed by atoms with Gasteiger partial charge < -0.3 is 10.1 Å². The van der Waals surface area contributed by atoms with E-state index in [4.69, 9.17) is 0 Å². The highest BCUT2D eigenvalue weighted by Gasteiger charge is 2.05. The average molecular weight is 268 g/mol. The number of hydrogen-bond donors (Lipinski definition) is 1. The molecule has 1 heterocycles. The summed E-state index contributed by atoms with van der Waals surface area (Å²) in [4.78, 5) is 15.3. The first-order valence-electron chi connectivity index (χ1n) is 6.06. The first kappa shape index (κ1) is 15.0. The molecule has 1 unspecified atom stereocenters. The molecule has 0 aliphatic heterocycles. The fourth-order valence-electron chi connectivity index (χ4n) is 1.50. The molecule has 0 aliphatic carbocycles. The van der Waals surface area contributed by atoms with E-state index in [1.807, 2.05) is 12.3 Å². The number of carbonyl (C=O) groups excluding carboxylic acids is 1. The van der Waals surface area contributed by atoms with Gasteiger partial charge in [0.25, 0.3) is 0 Å². The van der Waals surface area contributed by atoms with Crippen molar-refractivity contribution in [1.82, 2.24) is 10.3 Å². The van der Waals surface area contributed by atoms with Crippen molar-refractivity contribution in [3.05, 3.63) is 23.9 Å². The molecule has 0 amide bonds. The van der Waals surface area contributed by atoms with Gasteiger partial charge in [-0.05, 0) is 25.1 Å². The summed E-state index contributed by atoms with van der Waals surface area (Å²) >= 11 is 1.57. The number of ether oxygens (including phenoxy) is 1. The molecule has 18 heavy (non-hydrogen) atoms. The highest BCUT2D eigenvalue weighted by molar-refractivity contribution is 7.99. The maximum Gasteiger partial charge on any atom is 0.306 e. The van der Waals surface area contributed by atoms with Crippen LogP contribution in [0, 0.1) is 0 Å². The van der Waals surface area contributed by atoms with Crippen LogP contribution in [0.25, 0.3) is 0 Å². The Morgan fingerprint density at radius 3 is 2.89 bits per heavy atom. The third-order valence-corrected chi connectivity index (χ3v) is 3.50. The smallest absolute Gasteiger partial charge is 0.306 e. The molecular weight excluding hydrogens is 248 g/mol. The number of nitrogens with one attached hydrogen (secondary N) is 1. The third-order valence-electron chi connectivity index (χ3n) is 2.55. The summed E-state index contributed by atoms with van der Waals surface area (Å²) in [6.45, 7) is 5.14. The maximum absolute atomic E-state index is 11.0. The lowest BCUT2D eigenvalue weighted by molar-refractivity contribution is -0.140. The Labute approximate surface area is 113 Å². The molecule has 1 aromatic rings. The van der Waals surface area contributed by atoms with E-state index < -0.39 is 0 Å². The molecule has 4 nitrogen and oxygen atoms in total. The van der Waals surface area contributed by atoms with Crippen LogP contribution in [0.15, 0.2) is 23.4 Å². The normalized spacial score (nSPS) is 12.2. The van der Waals surface area contributed by atoms with Gasteiger partial charge in [0.2, 0.25) is 0 Å². The van der Waals surface area contributed by atoms with Crippen LogP contribution in [0.1, 0.15) is 31.9 Å². The van der Waals surface area contributed by atoms with Crippen LogP contribution in [-0.2, 0) is 9.53 Å².